The summed E-state index contributed by atoms with van der Waals surface area (Å²) in [6.45, 7) is 7.25. The van der Waals surface area contributed by atoms with Crippen LogP contribution in [-0.2, 0) is 0 Å². The minimum atomic E-state index is -0.490. The molecule has 3 fully saturated rings. The van der Waals surface area contributed by atoms with Crippen molar-refractivity contribution >= 4 is 0 Å². The number of benzene rings is 1. The van der Waals surface area contributed by atoms with Gasteiger partial charge in [0.1, 0.15) is 5.82 Å². The fourth-order valence-corrected chi connectivity index (χ4v) is 9.01. The van der Waals surface area contributed by atoms with Crippen LogP contribution in [0.1, 0.15) is 109 Å². The largest absolute Gasteiger partial charge is 0.390 e. The highest BCUT2D eigenvalue weighted by Crippen LogP contribution is 2.67. The van der Waals surface area contributed by atoms with Crippen molar-refractivity contribution in [3.8, 4) is 0 Å². The molecule has 2 N–H and O–H groups in total. The molecule has 0 heterocycles. The third-order valence-corrected chi connectivity index (χ3v) is 11.4. The minimum absolute atomic E-state index is 0.246. The summed E-state index contributed by atoms with van der Waals surface area (Å²) in [6, 6.07) is 6.32. The molecule has 3 heteroatoms. The zero-order valence-electron chi connectivity index (χ0n) is 21.5. The number of hydrogen-bond donors (Lipinski definition) is 2. The smallest absolute Gasteiger partial charge is 0.123 e. The summed E-state index contributed by atoms with van der Waals surface area (Å²) in [7, 11) is 0. The second kappa shape index (κ2) is 9.04. The van der Waals surface area contributed by atoms with E-state index < -0.39 is 11.7 Å². The van der Waals surface area contributed by atoms with Crippen LogP contribution in [0.3, 0.4) is 0 Å². The molecular formula is C31H45FO2. The summed E-state index contributed by atoms with van der Waals surface area (Å²) in [5.74, 6) is 2.92. The van der Waals surface area contributed by atoms with Gasteiger partial charge in [0.05, 0.1) is 11.7 Å². The molecule has 0 spiro atoms. The molecule has 2 nitrogen and oxygen atoms in total. The maximum atomic E-state index is 13.2. The monoisotopic (exact) mass is 468 g/mol. The van der Waals surface area contributed by atoms with E-state index in [-0.39, 0.29) is 5.82 Å². The highest BCUT2D eigenvalue weighted by Gasteiger charge is 2.59. The molecule has 0 amide bonds. The van der Waals surface area contributed by atoms with Gasteiger partial charge in [0.25, 0.3) is 0 Å². The lowest BCUT2D eigenvalue weighted by atomic mass is 9.46. The van der Waals surface area contributed by atoms with Crippen LogP contribution in [0.25, 0.3) is 0 Å². The molecule has 8 atom stereocenters. The number of rotatable bonds is 6. The van der Waals surface area contributed by atoms with E-state index in [0.29, 0.717) is 10.8 Å². The highest BCUT2D eigenvalue weighted by atomic mass is 19.1. The maximum absolute atomic E-state index is 13.2. The number of hydrogen-bond acceptors (Lipinski definition) is 2. The van der Waals surface area contributed by atoms with E-state index in [1.165, 1.54) is 50.7 Å². The summed E-state index contributed by atoms with van der Waals surface area (Å²) in [6.07, 6.45) is 15.5. The standard InChI is InChI=1S/C31H45FO2/c1-4-31(34)19-18-30(3)23(20-31)10-14-25-26-15-11-22(29(26,2)17-16-27(25)30)6-5-7-28(33)21-8-12-24(32)13-9-21/h8-10,12-13,22,25-28,33-34H,4-7,11,14-20H2,1-3H3/t22-,25-,26-,27-,28+,29+,30-,31-/m0/s1. The zero-order chi connectivity index (χ0) is 24.1. The lowest BCUT2D eigenvalue weighted by Crippen LogP contribution is -2.52. The van der Waals surface area contributed by atoms with Crippen LogP contribution < -0.4 is 0 Å². The van der Waals surface area contributed by atoms with E-state index in [0.717, 1.165) is 67.8 Å². The zero-order valence-corrected chi connectivity index (χ0v) is 21.5. The van der Waals surface area contributed by atoms with Crippen molar-refractivity contribution in [1.29, 1.82) is 0 Å². The van der Waals surface area contributed by atoms with Gasteiger partial charge in [0, 0.05) is 0 Å². The summed E-state index contributed by atoms with van der Waals surface area (Å²) < 4.78 is 13.2. The predicted octanol–water partition coefficient (Wildman–Crippen LogP) is 7.75. The van der Waals surface area contributed by atoms with Gasteiger partial charge in [-0.25, -0.2) is 4.39 Å². The van der Waals surface area contributed by atoms with Crippen LogP contribution >= 0.6 is 0 Å². The molecule has 1 aromatic rings. The second-order valence-electron chi connectivity index (χ2n) is 12.8. The third kappa shape index (κ3) is 4.09. The Bertz CT molecular complexity index is 909. The summed E-state index contributed by atoms with van der Waals surface area (Å²) in [4.78, 5) is 0. The van der Waals surface area contributed by atoms with Crippen molar-refractivity contribution in [1.82, 2.24) is 0 Å². The lowest BCUT2D eigenvalue weighted by molar-refractivity contribution is -0.0718. The Morgan fingerprint density at radius 3 is 2.53 bits per heavy atom. The van der Waals surface area contributed by atoms with Crippen molar-refractivity contribution < 1.29 is 14.6 Å². The van der Waals surface area contributed by atoms with Crippen molar-refractivity contribution in [2.45, 2.75) is 110 Å². The van der Waals surface area contributed by atoms with Gasteiger partial charge in [-0.05, 0) is 123 Å². The van der Waals surface area contributed by atoms with Crippen LogP contribution in [0.15, 0.2) is 35.9 Å². The molecule has 0 radical (unpaired) electrons. The van der Waals surface area contributed by atoms with Gasteiger partial charge in [-0.1, -0.05) is 51.0 Å². The average Bonchev–Trinajstić information content (AvgIpc) is 3.16. The Morgan fingerprint density at radius 2 is 1.79 bits per heavy atom. The molecule has 4 aliphatic rings. The quantitative estimate of drug-likeness (QED) is 0.419. The Balaban J connectivity index is 1.23. The maximum Gasteiger partial charge on any atom is 0.123 e. The number of halogens is 1. The molecule has 188 valence electrons. The number of fused-ring (bicyclic) bond motifs is 5. The van der Waals surface area contributed by atoms with Crippen molar-refractivity contribution in [3.63, 3.8) is 0 Å². The van der Waals surface area contributed by atoms with Gasteiger partial charge in [-0.2, -0.15) is 0 Å². The van der Waals surface area contributed by atoms with Crippen LogP contribution in [0.4, 0.5) is 4.39 Å². The minimum Gasteiger partial charge on any atom is -0.390 e. The molecule has 0 aromatic heterocycles. The van der Waals surface area contributed by atoms with Crippen LogP contribution in [0.2, 0.25) is 0 Å². The Kier molecular flexibility index (Phi) is 6.51. The summed E-state index contributed by atoms with van der Waals surface area (Å²) >= 11 is 0. The van der Waals surface area contributed by atoms with Gasteiger partial charge >= 0.3 is 0 Å². The summed E-state index contributed by atoms with van der Waals surface area (Å²) in [5.41, 5.74) is 2.65. The molecule has 0 unspecified atom stereocenters. The first kappa shape index (κ1) is 24.5. The first-order valence-electron chi connectivity index (χ1n) is 14.0. The van der Waals surface area contributed by atoms with Gasteiger partial charge in [-0.15, -0.1) is 0 Å². The van der Waals surface area contributed by atoms with E-state index in [1.807, 2.05) is 0 Å². The van der Waals surface area contributed by atoms with Crippen molar-refractivity contribution in [2.75, 3.05) is 0 Å². The predicted molar refractivity (Wildman–Crippen MR) is 136 cm³/mol. The first-order valence-corrected chi connectivity index (χ1v) is 14.0. The fraction of sp³-hybridized carbons (Fsp3) is 0.742. The first-order chi connectivity index (χ1) is 16.2. The van der Waals surface area contributed by atoms with Gasteiger partial charge < -0.3 is 10.2 Å². The molecular weight excluding hydrogens is 423 g/mol. The Labute approximate surface area is 206 Å². The molecule has 1 aromatic carbocycles. The molecule has 4 aliphatic carbocycles. The second-order valence-corrected chi connectivity index (χ2v) is 12.8. The van der Waals surface area contributed by atoms with E-state index >= 15 is 0 Å². The molecule has 3 saturated carbocycles. The van der Waals surface area contributed by atoms with E-state index in [1.54, 1.807) is 17.7 Å². The van der Waals surface area contributed by atoms with Gasteiger partial charge in [0.2, 0.25) is 0 Å². The summed E-state index contributed by atoms with van der Waals surface area (Å²) in [5, 5.41) is 21.6. The van der Waals surface area contributed by atoms with Crippen LogP contribution in [-0.4, -0.2) is 15.8 Å². The lowest BCUT2D eigenvalue weighted by Gasteiger charge is -2.59. The number of aliphatic hydroxyl groups excluding tert-OH is 1. The van der Waals surface area contributed by atoms with Crippen LogP contribution in [0.5, 0.6) is 0 Å². The number of allylic oxidation sites excluding steroid dienone is 1. The van der Waals surface area contributed by atoms with E-state index in [9.17, 15) is 14.6 Å². The molecule has 0 bridgehead atoms. The SMILES string of the molecule is CC[C@]1(O)CC[C@@]2(C)C(=CC[C@H]3[C@@H]4CC[C@H](CCC[C@@H](O)c5ccc(F)cc5)[C@@]4(C)CC[C@@H]32)C1. The topological polar surface area (TPSA) is 40.5 Å². The average molecular weight is 469 g/mol. The Hall–Kier alpha value is -1.19. The Morgan fingerprint density at radius 1 is 1.03 bits per heavy atom. The van der Waals surface area contributed by atoms with E-state index in [2.05, 4.69) is 26.8 Å². The van der Waals surface area contributed by atoms with Crippen LogP contribution in [0, 0.1) is 40.3 Å². The normalized spacial score (nSPS) is 42.4. The molecule has 0 aliphatic heterocycles. The third-order valence-electron chi connectivity index (χ3n) is 11.4. The molecule has 34 heavy (non-hydrogen) atoms. The van der Waals surface area contributed by atoms with E-state index in [4.69, 9.17) is 0 Å². The molecule has 0 saturated heterocycles. The fourth-order valence-electron chi connectivity index (χ4n) is 9.01. The highest BCUT2D eigenvalue weighted by molar-refractivity contribution is 5.27. The van der Waals surface area contributed by atoms with Gasteiger partial charge in [0.15, 0.2) is 0 Å². The number of aliphatic hydroxyl groups is 2. The van der Waals surface area contributed by atoms with Crippen molar-refractivity contribution in [2.24, 2.45) is 34.5 Å². The molecule has 5 rings (SSSR count). The van der Waals surface area contributed by atoms with Gasteiger partial charge in [-0.3, -0.25) is 0 Å². The van der Waals surface area contributed by atoms with Crippen molar-refractivity contribution in [3.05, 3.63) is 47.3 Å².